The normalized spacial score (nSPS) is 11.0. The van der Waals surface area contributed by atoms with Gasteiger partial charge in [0.2, 0.25) is 5.91 Å². The van der Waals surface area contributed by atoms with Gasteiger partial charge in [0.05, 0.1) is 16.5 Å². The molecule has 1 heterocycles. The number of rotatable bonds is 6. The quantitative estimate of drug-likeness (QED) is 0.396. The Balaban J connectivity index is 1.73. The monoisotopic (exact) mass is 364 g/mol. The van der Waals surface area contributed by atoms with Crippen molar-refractivity contribution < 1.29 is 14.8 Å². The molecule has 0 fully saturated rings. The number of phenols is 1. The van der Waals surface area contributed by atoms with Gasteiger partial charge in [-0.2, -0.15) is 5.10 Å². The average Bonchev–Trinajstić information content (AvgIpc) is 2.69. The molecule has 3 rings (SSSR count). The van der Waals surface area contributed by atoms with Crippen LogP contribution in [0.3, 0.4) is 0 Å². The van der Waals surface area contributed by atoms with Gasteiger partial charge in [0, 0.05) is 24.2 Å². The third-order valence-corrected chi connectivity index (χ3v) is 3.95. The second-order valence-electron chi connectivity index (χ2n) is 5.77. The van der Waals surface area contributed by atoms with Gasteiger partial charge in [0.15, 0.2) is 5.75 Å². The zero-order valence-corrected chi connectivity index (χ0v) is 14.2. The summed E-state index contributed by atoms with van der Waals surface area (Å²) in [4.78, 5) is 26.6. The summed E-state index contributed by atoms with van der Waals surface area (Å²) in [5.74, 6) is -0.540. The van der Waals surface area contributed by atoms with Crippen LogP contribution in [0, 0.1) is 10.1 Å². The van der Waals surface area contributed by atoms with E-state index in [4.69, 9.17) is 0 Å². The van der Waals surface area contributed by atoms with Crippen molar-refractivity contribution in [3.8, 4) is 5.75 Å². The highest BCUT2D eigenvalue weighted by Crippen LogP contribution is 2.33. The molecule has 0 radical (unpaired) electrons. The molecular weight excluding hydrogens is 348 g/mol. The summed E-state index contributed by atoms with van der Waals surface area (Å²) in [5.41, 5.74) is 3.38. The number of nitrogens with zero attached hydrogens (tertiary/aromatic N) is 3. The van der Waals surface area contributed by atoms with E-state index in [0.717, 1.165) is 11.8 Å². The minimum Gasteiger partial charge on any atom is -0.505 e. The molecule has 0 spiro atoms. The van der Waals surface area contributed by atoms with Gasteiger partial charge in [0.25, 0.3) is 5.69 Å². The van der Waals surface area contributed by atoms with Crippen LogP contribution in [0.2, 0.25) is 0 Å². The Bertz CT molecular complexity index is 1020. The largest absolute Gasteiger partial charge is 0.505 e. The van der Waals surface area contributed by atoms with Crippen LogP contribution in [-0.2, 0) is 11.2 Å². The van der Waals surface area contributed by atoms with E-state index in [1.54, 1.807) is 6.07 Å². The number of aryl methyl sites for hydroxylation is 1. The Kier molecular flexibility index (Phi) is 5.36. The molecule has 136 valence electrons. The molecule has 0 unspecified atom stereocenters. The van der Waals surface area contributed by atoms with E-state index in [-0.39, 0.29) is 40.2 Å². The lowest BCUT2D eigenvalue weighted by Gasteiger charge is -2.05. The number of non-ortho nitro benzene ring substituents is 1. The number of hydrogen-bond donors (Lipinski definition) is 2. The highest BCUT2D eigenvalue weighted by atomic mass is 16.6. The Labute approximate surface area is 154 Å². The minimum absolute atomic E-state index is 0.0938. The Morgan fingerprint density at radius 1 is 1.26 bits per heavy atom. The number of carbonyl (C=O) groups is 1. The number of nitro benzene ring substituents is 1. The fourth-order valence-corrected chi connectivity index (χ4v) is 2.61. The lowest BCUT2D eigenvalue weighted by atomic mass is 10.1. The van der Waals surface area contributed by atoms with Crippen molar-refractivity contribution in [3.05, 3.63) is 76.0 Å². The number of benzene rings is 2. The van der Waals surface area contributed by atoms with Crippen LogP contribution in [0.4, 0.5) is 5.69 Å². The van der Waals surface area contributed by atoms with Crippen molar-refractivity contribution in [1.82, 2.24) is 10.4 Å². The second-order valence-corrected chi connectivity index (χ2v) is 5.77. The standard InChI is InChI=1S/C19H16N4O4/c24-17(9-8-13-5-2-1-3-6-13)22-21-12-14-11-16(23(26)27)15-7-4-10-20-18(15)19(14)25/h1-7,10-12,25H,8-9H2,(H,22,24)/b21-12-. The van der Waals surface area contributed by atoms with E-state index in [0.29, 0.717) is 6.42 Å². The van der Waals surface area contributed by atoms with Gasteiger partial charge in [-0.3, -0.25) is 19.9 Å². The van der Waals surface area contributed by atoms with Gasteiger partial charge in [-0.05, 0) is 24.1 Å². The van der Waals surface area contributed by atoms with Crippen molar-refractivity contribution in [1.29, 1.82) is 0 Å². The predicted molar refractivity (Wildman–Crippen MR) is 101 cm³/mol. The van der Waals surface area contributed by atoms with Crippen molar-refractivity contribution in [2.45, 2.75) is 12.8 Å². The highest BCUT2D eigenvalue weighted by Gasteiger charge is 2.18. The zero-order chi connectivity index (χ0) is 19.2. The number of aromatic nitrogens is 1. The van der Waals surface area contributed by atoms with E-state index in [1.807, 2.05) is 30.3 Å². The van der Waals surface area contributed by atoms with Crippen LogP contribution in [0.5, 0.6) is 5.75 Å². The zero-order valence-electron chi connectivity index (χ0n) is 14.2. The first-order valence-corrected chi connectivity index (χ1v) is 8.17. The first kappa shape index (κ1) is 18.0. The number of nitro groups is 1. The Hall–Kier alpha value is -3.81. The van der Waals surface area contributed by atoms with Crippen LogP contribution in [-0.4, -0.2) is 27.1 Å². The Morgan fingerprint density at radius 2 is 2.04 bits per heavy atom. The van der Waals surface area contributed by atoms with E-state index in [1.165, 1.54) is 18.3 Å². The number of fused-ring (bicyclic) bond motifs is 1. The molecule has 2 N–H and O–H groups in total. The fraction of sp³-hybridized carbons (Fsp3) is 0.105. The maximum absolute atomic E-state index is 11.9. The number of pyridine rings is 1. The summed E-state index contributed by atoms with van der Waals surface area (Å²) in [6, 6.07) is 13.8. The molecule has 0 saturated carbocycles. The summed E-state index contributed by atoms with van der Waals surface area (Å²) in [6.45, 7) is 0. The van der Waals surface area contributed by atoms with E-state index >= 15 is 0 Å². The highest BCUT2D eigenvalue weighted by molar-refractivity contribution is 6.00. The molecule has 0 aliphatic heterocycles. The number of phenolic OH excluding ortho intramolecular Hbond substituents is 1. The lowest BCUT2D eigenvalue weighted by molar-refractivity contribution is -0.383. The van der Waals surface area contributed by atoms with E-state index in [2.05, 4.69) is 15.5 Å². The molecule has 0 aliphatic carbocycles. The third kappa shape index (κ3) is 4.24. The number of amides is 1. The smallest absolute Gasteiger partial charge is 0.279 e. The van der Waals surface area contributed by atoms with Crippen LogP contribution in [0.1, 0.15) is 17.5 Å². The summed E-state index contributed by atoms with van der Waals surface area (Å²) < 4.78 is 0. The van der Waals surface area contributed by atoms with Crippen molar-refractivity contribution in [2.24, 2.45) is 5.10 Å². The lowest BCUT2D eigenvalue weighted by Crippen LogP contribution is -2.17. The molecule has 0 aliphatic rings. The van der Waals surface area contributed by atoms with E-state index in [9.17, 15) is 20.0 Å². The number of hydrogen-bond acceptors (Lipinski definition) is 6. The van der Waals surface area contributed by atoms with Crippen molar-refractivity contribution >= 4 is 28.7 Å². The number of aromatic hydroxyl groups is 1. The maximum Gasteiger partial charge on any atom is 0.279 e. The number of nitrogens with one attached hydrogen (secondary N) is 1. The summed E-state index contributed by atoms with van der Waals surface area (Å²) in [5, 5.41) is 25.6. The molecule has 2 aromatic carbocycles. The van der Waals surface area contributed by atoms with Crippen molar-refractivity contribution in [2.75, 3.05) is 0 Å². The molecule has 8 heteroatoms. The molecule has 0 atom stereocenters. The molecule has 3 aromatic rings. The van der Waals surface area contributed by atoms with Crippen LogP contribution in [0.25, 0.3) is 10.9 Å². The molecule has 27 heavy (non-hydrogen) atoms. The first-order chi connectivity index (χ1) is 13.1. The van der Waals surface area contributed by atoms with Gasteiger partial charge in [-0.15, -0.1) is 0 Å². The van der Waals surface area contributed by atoms with E-state index < -0.39 is 4.92 Å². The predicted octanol–water partition coefficient (Wildman–Crippen LogP) is 2.93. The second kappa shape index (κ2) is 8.05. The summed E-state index contributed by atoms with van der Waals surface area (Å²) in [7, 11) is 0. The third-order valence-electron chi connectivity index (χ3n) is 3.95. The van der Waals surface area contributed by atoms with Gasteiger partial charge in [-0.25, -0.2) is 5.43 Å². The van der Waals surface area contributed by atoms with Crippen LogP contribution >= 0.6 is 0 Å². The number of carbonyl (C=O) groups excluding carboxylic acids is 1. The summed E-state index contributed by atoms with van der Waals surface area (Å²) >= 11 is 0. The SMILES string of the molecule is O=C(CCc1ccccc1)N/N=C\c1cc([N+](=O)[O-])c2cccnc2c1O. The van der Waals surface area contributed by atoms with Crippen LogP contribution < -0.4 is 5.43 Å². The molecule has 0 saturated heterocycles. The summed E-state index contributed by atoms with van der Waals surface area (Å²) in [6.07, 6.45) is 3.40. The van der Waals surface area contributed by atoms with Crippen LogP contribution in [0.15, 0.2) is 59.8 Å². The fourth-order valence-electron chi connectivity index (χ4n) is 2.61. The van der Waals surface area contributed by atoms with Gasteiger partial charge < -0.3 is 5.11 Å². The molecule has 8 nitrogen and oxygen atoms in total. The molecule has 1 aromatic heterocycles. The van der Waals surface area contributed by atoms with Gasteiger partial charge in [-0.1, -0.05) is 30.3 Å². The molecular formula is C19H16N4O4. The minimum atomic E-state index is -0.556. The average molecular weight is 364 g/mol. The molecule has 1 amide bonds. The Morgan fingerprint density at radius 3 is 2.78 bits per heavy atom. The van der Waals surface area contributed by atoms with Crippen molar-refractivity contribution in [3.63, 3.8) is 0 Å². The maximum atomic E-state index is 11.9. The number of hydrazone groups is 1. The first-order valence-electron chi connectivity index (χ1n) is 8.17. The topological polar surface area (TPSA) is 118 Å². The molecule has 0 bridgehead atoms. The van der Waals surface area contributed by atoms with Gasteiger partial charge in [0.1, 0.15) is 5.52 Å². The van der Waals surface area contributed by atoms with Gasteiger partial charge >= 0.3 is 0 Å².